The molecule has 2 aromatic rings. The second-order valence-electron chi connectivity index (χ2n) is 3.56. The summed E-state index contributed by atoms with van der Waals surface area (Å²) in [6.45, 7) is 0. The van der Waals surface area contributed by atoms with E-state index >= 15 is 0 Å². The zero-order valence-corrected chi connectivity index (χ0v) is 13.0. The Morgan fingerprint density at radius 2 is 1.78 bits per heavy atom. The van der Waals surface area contributed by atoms with Gasteiger partial charge in [0.25, 0.3) is 5.91 Å². The van der Waals surface area contributed by atoms with Crippen LogP contribution in [-0.4, -0.2) is 5.91 Å². The van der Waals surface area contributed by atoms with Crippen molar-refractivity contribution in [2.45, 2.75) is 0 Å². The van der Waals surface area contributed by atoms with Crippen LogP contribution in [0.2, 0.25) is 5.02 Å². The molecule has 1 N–H and O–H groups in total. The number of amides is 1. The number of hydrogen-bond acceptors (Lipinski definition) is 1. The molecular formula is C13H8Br2ClNO. The van der Waals surface area contributed by atoms with E-state index in [0.29, 0.717) is 16.3 Å². The molecule has 0 aliphatic heterocycles. The van der Waals surface area contributed by atoms with Gasteiger partial charge in [0, 0.05) is 14.6 Å². The molecule has 18 heavy (non-hydrogen) atoms. The molecule has 0 aliphatic rings. The van der Waals surface area contributed by atoms with Gasteiger partial charge in [0.2, 0.25) is 0 Å². The summed E-state index contributed by atoms with van der Waals surface area (Å²) in [5.74, 6) is -0.180. The Morgan fingerprint density at radius 3 is 2.44 bits per heavy atom. The largest absolute Gasteiger partial charge is 0.322 e. The number of rotatable bonds is 2. The van der Waals surface area contributed by atoms with Crippen LogP contribution < -0.4 is 5.32 Å². The Balaban J connectivity index is 2.22. The fraction of sp³-hybridized carbons (Fsp3) is 0. The van der Waals surface area contributed by atoms with Gasteiger partial charge in [-0.05, 0) is 62.2 Å². The van der Waals surface area contributed by atoms with Gasteiger partial charge in [0.05, 0.1) is 10.6 Å². The molecule has 0 aliphatic carbocycles. The lowest BCUT2D eigenvalue weighted by atomic mass is 10.2. The lowest BCUT2D eigenvalue weighted by molar-refractivity contribution is 0.102. The topological polar surface area (TPSA) is 29.1 Å². The van der Waals surface area contributed by atoms with Crippen molar-refractivity contribution in [1.82, 2.24) is 0 Å². The zero-order valence-electron chi connectivity index (χ0n) is 9.08. The summed E-state index contributed by atoms with van der Waals surface area (Å²) < 4.78 is 1.55. The molecule has 0 bridgehead atoms. The number of nitrogens with one attached hydrogen (secondary N) is 1. The maximum atomic E-state index is 12.0. The monoisotopic (exact) mass is 387 g/mol. The highest BCUT2D eigenvalue weighted by Crippen LogP contribution is 2.26. The third-order valence-corrected chi connectivity index (χ3v) is 4.22. The minimum atomic E-state index is -0.180. The van der Waals surface area contributed by atoms with Crippen LogP contribution in [0.1, 0.15) is 10.4 Å². The number of anilines is 1. The van der Waals surface area contributed by atoms with Crippen molar-refractivity contribution < 1.29 is 4.79 Å². The summed E-state index contributed by atoms with van der Waals surface area (Å²) in [5, 5.41) is 3.35. The second kappa shape index (κ2) is 5.87. The molecule has 0 aromatic heterocycles. The van der Waals surface area contributed by atoms with Gasteiger partial charge in [0.15, 0.2) is 0 Å². The van der Waals surface area contributed by atoms with Crippen molar-refractivity contribution in [3.8, 4) is 0 Å². The van der Waals surface area contributed by atoms with Crippen LogP contribution in [-0.2, 0) is 0 Å². The molecule has 2 nitrogen and oxygen atoms in total. The fourth-order valence-corrected chi connectivity index (χ4v) is 2.31. The van der Waals surface area contributed by atoms with Crippen LogP contribution in [0.15, 0.2) is 51.4 Å². The predicted molar refractivity (Wildman–Crippen MR) is 81.2 cm³/mol. The molecule has 0 saturated carbocycles. The van der Waals surface area contributed by atoms with Crippen LogP contribution in [0.5, 0.6) is 0 Å². The molecule has 0 heterocycles. The summed E-state index contributed by atoms with van der Waals surface area (Å²) in [6.07, 6.45) is 0. The molecule has 2 aromatic carbocycles. The van der Waals surface area contributed by atoms with Gasteiger partial charge in [0.1, 0.15) is 0 Å². The van der Waals surface area contributed by atoms with Crippen molar-refractivity contribution >= 4 is 55.1 Å². The second-order valence-corrected chi connectivity index (χ2v) is 5.68. The maximum Gasteiger partial charge on any atom is 0.256 e. The van der Waals surface area contributed by atoms with Gasteiger partial charge in [-0.1, -0.05) is 23.7 Å². The van der Waals surface area contributed by atoms with Crippen LogP contribution in [0, 0.1) is 0 Å². The highest BCUT2D eigenvalue weighted by Gasteiger charge is 2.09. The summed E-state index contributed by atoms with van der Waals surface area (Å²) in [5.41, 5.74) is 1.24. The zero-order chi connectivity index (χ0) is 13.1. The summed E-state index contributed by atoms with van der Waals surface area (Å²) in [7, 11) is 0. The van der Waals surface area contributed by atoms with Crippen molar-refractivity contribution in [2.75, 3.05) is 5.32 Å². The van der Waals surface area contributed by atoms with Gasteiger partial charge in [-0.3, -0.25) is 4.79 Å². The van der Waals surface area contributed by atoms with E-state index in [1.54, 1.807) is 24.3 Å². The van der Waals surface area contributed by atoms with Crippen molar-refractivity contribution in [3.05, 3.63) is 62.0 Å². The first-order valence-electron chi connectivity index (χ1n) is 5.09. The van der Waals surface area contributed by atoms with E-state index in [1.807, 2.05) is 18.2 Å². The quantitative estimate of drug-likeness (QED) is 0.759. The van der Waals surface area contributed by atoms with Crippen LogP contribution in [0.4, 0.5) is 5.69 Å². The Kier molecular flexibility index (Phi) is 4.43. The van der Waals surface area contributed by atoms with Gasteiger partial charge in [-0.2, -0.15) is 0 Å². The lowest BCUT2D eigenvalue weighted by Crippen LogP contribution is -2.12. The van der Waals surface area contributed by atoms with E-state index in [-0.39, 0.29) is 5.91 Å². The van der Waals surface area contributed by atoms with Crippen LogP contribution in [0.3, 0.4) is 0 Å². The number of carbonyl (C=O) groups excluding carboxylic acids is 1. The molecule has 1 amide bonds. The standard InChI is InChI=1S/C13H8Br2ClNO/c14-10-4-2-1-3-9(10)13(18)17-8-5-6-11(15)12(16)7-8/h1-7H,(H,17,18). The maximum absolute atomic E-state index is 12.0. The highest BCUT2D eigenvalue weighted by molar-refractivity contribution is 9.10. The van der Waals surface area contributed by atoms with E-state index in [4.69, 9.17) is 11.6 Å². The van der Waals surface area contributed by atoms with Crippen molar-refractivity contribution in [3.63, 3.8) is 0 Å². The Morgan fingerprint density at radius 1 is 1.06 bits per heavy atom. The SMILES string of the molecule is O=C(Nc1ccc(Br)c(Cl)c1)c1ccccc1Br. The molecule has 0 atom stereocenters. The number of benzene rings is 2. The number of hydrogen-bond donors (Lipinski definition) is 1. The summed E-state index contributed by atoms with van der Waals surface area (Å²) in [4.78, 5) is 12.0. The Bertz CT molecular complexity index is 601. The molecule has 0 spiro atoms. The first kappa shape index (κ1) is 13.6. The van der Waals surface area contributed by atoms with E-state index < -0.39 is 0 Å². The summed E-state index contributed by atoms with van der Waals surface area (Å²) >= 11 is 12.6. The van der Waals surface area contributed by atoms with Gasteiger partial charge in [-0.25, -0.2) is 0 Å². The van der Waals surface area contributed by atoms with Crippen molar-refractivity contribution in [1.29, 1.82) is 0 Å². The summed E-state index contributed by atoms with van der Waals surface area (Å²) in [6, 6.07) is 12.5. The van der Waals surface area contributed by atoms with Crippen molar-refractivity contribution in [2.24, 2.45) is 0 Å². The molecule has 92 valence electrons. The lowest BCUT2D eigenvalue weighted by Gasteiger charge is -2.07. The first-order valence-corrected chi connectivity index (χ1v) is 7.05. The van der Waals surface area contributed by atoms with E-state index in [2.05, 4.69) is 37.2 Å². The van der Waals surface area contributed by atoms with E-state index in [1.165, 1.54) is 0 Å². The Labute approximate surface area is 127 Å². The average Bonchev–Trinajstić information content (AvgIpc) is 2.34. The van der Waals surface area contributed by atoms with E-state index in [0.717, 1.165) is 8.95 Å². The highest BCUT2D eigenvalue weighted by atomic mass is 79.9. The van der Waals surface area contributed by atoms with Gasteiger partial charge in [-0.15, -0.1) is 0 Å². The number of halogens is 3. The van der Waals surface area contributed by atoms with Gasteiger partial charge >= 0.3 is 0 Å². The van der Waals surface area contributed by atoms with Gasteiger partial charge < -0.3 is 5.32 Å². The first-order chi connectivity index (χ1) is 8.58. The van der Waals surface area contributed by atoms with Crippen LogP contribution >= 0.6 is 43.5 Å². The van der Waals surface area contributed by atoms with Crippen LogP contribution in [0.25, 0.3) is 0 Å². The molecular weight excluding hydrogens is 381 g/mol. The smallest absolute Gasteiger partial charge is 0.256 e. The third kappa shape index (κ3) is 3.13. The molecule has 5 heteroatoms. The normalized spacial score (nSPS) is 10.2. The third-order valence-electron chi connectivity index (χ3n) is 2.30. The molecule has 0 radical (unpaired) electrons. The van der Waals surface area contributed by atoms with E-state index in [9.17, 15) is 4.79 Å². The average molecular weight is 389 g/mol. The number of carbonyl (C=O) groups is 1. The Hall–Kier alpha value is -0.840. The fourth-order valence-electron chi connectivity index (χ4n) is 1.42. The molecule has 0 fully saturated rings. The minimum Gasteiger partial charge on any atom is -0.322 e. The predicted octanol–water partition coefficient (Wildman–Crippen LogP) is 5.12. The molecule has 0 unspecified atom stereocenters. The minimum absolute atomic E-state index is 0.180. The molecule has 2 rings (SSSR count). The molecule has 0 saturated heterocycles.